The number of hydrogen-bond donors (Lipinski definition) is 0. The number of nitrogens with zero attached hydrogens (tertiary/aromatic N) is 2. The summed E-state index contributed by atoms with van der Waals surface area (Å²) in [6.07, 6.45) is 3.75. The fourth-order valence-corrected chi connectivity index (χ4v) is 3.15. The second-order valence-electron chi connectivity index (χ2n) is 5.16. The maximum Gasteiger partial charge on any atom is 0.220 e. The minimum absolute atomic E-state index is 0.576. The van der Waals surface area contributed by atoms with Crippen molar-refractivity contribution in [2.24, 2.45) is 0 Å². The van der Waals surface area contributed by atoms with E-state index in [4.69, 9.17) is 9.15 Å². The molecule has 0 fully saturated rings. The first-order valence-corrected chi connectivity index (χ1v) is 8.33. The molecule has 0 amide bonds. The Hall–Kier alpha value is -2.92. The fraction of sp³-hybridized carbons (Fsp3) is 0.0526. The van der Waals surface area contributed by atoms with E-state index in [0.717, 1.165) is 33.1 Å². The fourth-order valence-electron chi connectivity index (χ4n) is 2.37. The van der Waals surface area contributed by atoms with Crippen LogP contribution in [0, 0.1) is 0 Å². The molecule has 4 nitrogen and oxygen atoms in total. The largest absolute Gasteiger partial charge is 0.497 e. The van der Waals surface area contributed by atoms with Gasteiger partial charge in [0.2, 0.25) is 5.89 Å². The zero-order valence-corrected chi connectivity index (χ0v) is 13.8. The minimum atomic E-state index is 0.576. The number of aromatic nitrogens is 2. The van der Waals surface area contributed by atoms with Gasteiger partial charge in [-0.1, -0.05) is 24.3 Å². The van der Waals surface area contributed by atoms with Crippen molar-refractivity contribution in [3.8, 4) is 16.3 Å². The van der Waals surface area contributed by atoms with E-state index < -0.39 is 0 Å². The van der Waals surface area contributed by atoms with Crippen LogP contribution >= 0.6 is 11.3 Å². The molecule has 0 aliphatic carbocycles. The van der Waals surface area contributed by atoms with Crippen LogP contribution in [0.5, 0.6) is 5.75 Å². The number of thiazole rings is 1. The third-order valence-electron chi connectivity index (χ3n) is 3.55. The van der Waals surface area contributed by atoms with Crippen LogP contribution in [0.1, 0.15) is 11.6 Å². The van der Waals surface area contributed by atoms with Crippen molar-refractivity contribution in [1.82, 2.24) is 9.97 Å². The number of rotatable bonds is 4. The highest BCUT2D eigenvalue weighted by atomic mass is 32.1. The average Bonchev–Trinajstić information content (AvgIpc) is 3.26. The summed E-state index contributed by atoms with van der Waals surface area (Å²) in [6, 6.07) is 15.6. The quantitative estimate of drug-likeness (QED) is 0.519. The lowest BCUT2D eigenvalue weighted by atomic mass is 10.2. The number of fused-ring (bicyclic) bond motifs is 1. The molecule has 0 saturated carbocycles. The Bertz CT molecular complexity index is 984. The molecular weight excluding hydrogens is 320 g/mol. The maximum absolute atomic E-state index is 5.67. The van der Waals surface area contributed by atoms with Gasteiger partial charge >= 0.3 is 0 Å². The molecule has 0 spiro atoms. The minimum Gasteiger partial charge on any atom is -0.497 e. The predicted molar refractivity (Wildman–Crippen MR) is 97.0 cm³/mol. The summed E-state index contributed by atoms with van der Waals surface area (Å²) in [5.41, 5.74) is 3.56. The molecule has 2 aromatic heterocycles. The third kappa shape index (κ3) is 2.94. The molecule has 0 atom stereocenters. The van der Waals surface area contributed by atoms with Crippen LogP contribution in [-0.2, 0) is 0 Å². The zero-order valence-electron chi connectivity index (χ0n) is 13.0. The molecule has 118 valence electrons. The molecule has 0 bridgehead atoms. The average molecular weight is 334 g/mol. The standard InChI is InChI=1S/C19H14N2O2S/c1-22-15-6-4-5-13(11-15)19-20-14(12-24-19)9-10-18-21-16-7-2-3-8-17(16)23-18/h2-12H,1H3/b10-9+. The van der Waals surface area contributed by atoms with E-state index in [1.165, 1.54) is 0 Å². The van der Waals surface area contributed by atoms with Crippen molar-refractivity contribution >= 4 is 34.6 Å². The van der Waals surface area contributed by atoms with Gasteiger partial charge < -0.3 is 9.15 Å². The number of ether oxygens (including phenoxy) is 1. The molecule has 4 aromatic rings. The molecule has 2 heterocycles. The van der Waals surface area contributed by atoms with Crippen LogP contribution in [0.3, 0.4) is 0 Å². The zero-order chi connectivity index (χ0) is 16.4. The van der Waals surface area contributed by atoms with Crippen LogP contribution in [0.25, 0.3) is 33.8 Å². The predicted octanol–water partition coefficient (Wildman–Crippen LogP) is 5.13. The van der Waals surface area contributed by atoms with Gasteiger partial charge in [0.15, 0.2) is 5.58 Å². The molecule has 0 radical (unpaired) electrons. The molecular formula is C19H14N2O2S. The molecule has 5 heteroatoms. The lowest BCUT2D eigenvalue weighted by Crippen LogP contribution is -1.83. The van der Waals surface area contributed by atoms with Gasteiger partial charge in [0, 0.05) is 17.0 Å². The summed E-state index contributed by atoms with van der Waals surface area (Å²) in [6.45, 7) is 0. The number of para-hydroxylation sites is 2. The molecule has 2 aromatic carbocycles. The Kier molecular flexibility index (Phi) is 3.84. The monoisotopic (exact) mass is 334 g/mol. The number of methoxy groups -OCH3 is 1. The Labute approximate surface area is 143 Å². The van der Waals surface area contributed by atoms with Crippen molar-refractivity contribution in [2.75, 3.05) is 7.11 Å². The van der Waals surface area contributed by atoms with E-state index in [-0.39, 0.29) is 0 Å². The van der Waals surface area contributed by atoms with Crippen molar-refractivity contribution in [2.45, 2.75) is 0 Å². The SMILES string of the molecule is COc1cccc(-c2nc(/C=C/c3nc4ccccc4o3)cs2)c1. The van der Waals surface area contributed by atoms with E-state index >= 15 is 0 Å². The molecule has 0 N–H and O–H groups in total. The Morgan fingerprint density at radius 1 is 1.04 bits per heavy atom. The molecule has 0 aliphatic heterocycles. The van der Waals surface area contributed by atoms with Gasteiger partial charge in [0.25, 0.3) is 0 Å². The normalized spacial score (nSPS) is 11.4. The number of benzene rings is 2. The van der Waals surface area contributed by atoms with Crippen LogP contribution in [-0.4, -0.2) is 17.1 Å². The highest BCUT2D eigenvalue weighted by Crippen LogP contribution is 2.27. The molecule has 4 rings (SSSR count). The van der Waals surface area contributed by atoms with Crippen LogP contribution in [0.2, 0.25) is 0 Å². The molecule has 0 aliphatic rings. The van der Waals surface area contributed by atoms with Gasteiger partial charge in [-0.2, -0.15) is 0 Å². The van der Waals surface area contributed by atoms with Gasteiger partial charge in [0.05, 0.1) is 12.8 Å². The van der Waals surface area contributed by atoms with E-state index in [0.29, 0.717) is 5.89 Å². The lowest BCUT2D eigenvalue weighted by molar-refractivity contribution is 0.415. The first-order chi connectivity index (χ1) is 11.8. The second-order valence-corrected chi connectivity index (χ2v) is 6.02. The molecule has 0 unspecified atom stereocenters. The third-order valence-corrected chi connectivity index (χ3v) is 4.46. The number of oxazole rings is 1. The van der Waals surface area contributed by atoms with Crippen molar-refractivity contribution in [1.29, 1.82) is 0 Å². The molecule has 24 heavy (non-hydrogen) atoms. The summed E-state index contributed by atoms with van der Waals surface area (Å²) < 4.78 is 10.9. The van der Waals surface area contributed by atoms with Gasteiger partial charge in [-0.25, -0.2) is 9.97 Å². The van der Waals surface area contributed by atoms with Gasteiger partial charge in [-0.15, -0.1) is 11.3 Å². The van der Waals surface area contributed by atoms with E-state index in [2.05, 4.69) is 9.97 Å². The highest BCUT2D eigenvalue weighted by Gasteiger charge is 2.05. The van der Waals surface area contributed by atoms with E-state index in [9.17, 15) is 0 Å². The van der Waals surface area contributed by atoms with E-state index in [1.54, 1.807) is 18.4 Å². The summed E-state index contributed by atoms with van der Waals surface area (Å²) in [5.74, 6) is 1.40. The van der Waals surface area contributed by atoms with Crippen molar-refractivity contribution < 1.29 is 9.15 Å². The maximum atomic E-state index is 5.67. The first-order valence-electron chi connectivity index (χ1n) is 7.45. The summed E-state index contributed by atoms with van der Waals surface area (Å²) in [5, 5.41) is 2.96. The number of hydrogen-bond acceptors (Lipinski definition) is 5. The van der Waals surface area contributed by atoms with Gasteiger partial charge in [-0.3, -0.25) is 0 Å². The van der Waals surface area contributed by atoms with Crippen molar-refractivity contribution in [3.05, 3.63) is 65.5 Å². The van der Waals surface area contributed by atoms with Crippen LogP contribution < -0.4 is 4.74 Å². The van der Waals surface area contributed by atoms with Gasteiger partial charge in [0.1, 0.15) is 16.3 Å². The molecule has 0 saturated heterocycles. The summed E-state index contributed by atoms with van der Waals surface area (Å²) in [7, 11) is 1.66. The highest BCUT2D eigenvalue weighted by molar-refractivity contribution is 7.13. The van der Waals surface area contributed by atoms with Crippen LogP contribution in [0.15, 0.2) is 58.3 Å². The second kappa shape index (κ2) is 6.29. The summed E-state index contributed by atoms with van der Waals surface area (Å²) in [4.78, 5) is 9.05. The van der Waals surface area contributed by atoms with Crippen molar-refractivity contribution in [3.63, 3.8) is 0 Å². The lowest BCUT2D eigenvalue weighted by Gasteiger charge is -2.00. The summed E-state index contributed by atoms with van der Waals surface area (Å²) >= 11 is 1.59. The smallest absolute Gasteiger partial charge is 0.220 e. The van der Waals surface area contributed by atoms with Crippen LogP contribution in [0.4, 0.5) is 0 Å². The topological polar surface area (TPSA) is 48.2 Å². The first kappa shape index (κ1) is 14.7. The Balaban J connectivity index is 1.58. The Morgan fingerprint density at radius 3 is 2.83 bits per heavy atom. The van der Waals surface area contributed by atoms with E-state index in [1.807, 2.05) is 66.1 Å². The van der Waals surface area contributed by atoms with Gasteiger partial charge in [-0.05, 0) is 30.3 Å². The Morgan fingerprint density at radius 2 is 1.96 bits per heavy atom.